The van der Waals surface area contributed by atoms with Crippen molar-refractivity contribution in [3.05, 3.63) is 15.9 Å². The maximum absolute atomic E-state index is 12.6. The van der Waals surface area contributed by atoms with E-state index in [1.807, 2.05) is 0 Å². The number of halogens is 1. The van der Waals surface area contributed by atoms with Gasteiger partial charge in [0.15, 0.2) is 5.69 Å². The van der Waals surface area contributed by atoms with Gasteiger partial charge in [0.2, 0.25) is 0 Å². The van der Waals surface area contributed by atoms with Crippen molar-refractivity contribution in [3.8, 4) is 0 Å². The lowest BCUT2D eigenvalue weighted by Gasteiger charge is -2.26. The van der Waals surface area contributed by atoms with Crippen LogP contribution < -0.4 is 5.32 Å². The number of H-pyrrole nitrogens is 1. The normalized spacial score (nSPS) is 23.6. The van der Waals surface area contributed by atoms with E-state index in [2.05, 4.69) is 50.2 Å². The van der Waals surface area contributed by atoms with Crippen molar-refractivity contribution in [2.75, 3.05) is 13.1 Å². The van der Waals surface area contributed by atoms with Gasteiger partial charge >= 0.3 is 0 Å². The number of hydrogen-bond donors (Lipinski definition) is 2. The fraction of sp³-hybridized carbons (Fsp3) is 0.778. The molecule has 0 aromatic carbocycles. The predicted octanol–water partition coefficient (Wildman–Crippen LogP) is 3.82. The van der Waals surface area contributed by atoms with Crippen LogP contribution in [0.1, 0.15) is 80.9 Å². The van der Waals surface area contributed by atoms with Crippen LogP contribution in [0.4, 0.5) is 0 Å². The van der Waals surface area contributed by atoms with Gasteiger partial charge in [-0.1, -0.05) is 39.5 Å². The molecule has 1 unspecified atom stereocenters. The number of carbonyl (C=O) groups excluding carboxylic acids is 1. The van der Waals surface area contributed by atoms with E-state index in [-0.39, 0.29) is 11.9 Å². The minimum atomic E-state index is -0.0715. The SMILES string of the molecule is CC(C)c1[nH]nc(C(=O)NC2CCN(C3CCCCCC3)C2)c1Br. The average molecular weight is 397 g/mol. The molecule has 1 aromatic rings. The molecule has 5 nitrogen and oxygen atoms in total. The Hall–Kier alpha value is -0.880. The Morgan fingerprint density at radius 1 is 1.25 bits per heavy atom. The molecule has 1 aromatic heterocycles. The van der Waals surface area contributed by atoms with Gasteiger partial charge in [0, 0.05) is 25.2 Å². The van der Waals surface area contributed by atoms with Gasteiger partial charge < -0.3 is 5.32 Å². The van der Waals surface area contributed by atoms with Gasteiger partial charge in [-0.05, 0) is 41.1 Å². The highest BCUT2D eigenvalue weighted by Crippen LogP contribution is 2.27. The lowest BCUT2D eigenvalue weighted by Crippen LogP contribution is -2.40. The highest BCUT2D eigenvalue weighted by atomic mass is 79.9. The molecule has 1 aliphatic heterocycles. The lowest BCUT2D eigenvalue weighted by atomic mass is 10.1. The molecule has 6 heteroatoms. The largest absolute Gasteiger partial charge is 0.347 e. The second kappa shape index (κ2) is 8.00. The number of hydrogen-bond acceptors (Lipinski definition) is 3. The molecule has 134 valence electrons. The van der Waals surface area contributed by atoms with Gasteiger partial charge in [-0.25, -0.2) is 0 Å². The van der Waals surface area contributed by atoms with E-state index in [0.29, 0.717) is 11.6 Å². The molecule has 2 fully saturated rings. The summed E-state index contributed by atoms with van der Waals surface area (Å²) in [5.41, 5.74) is 1.46. The molecule has 0 radical (unpaired) electrons. The van der Waals surface area contributed by atoms with Crippen LogP contribution in [0.2, 0.25) is 0 Å². The molecule has 1 atom stereocenters. The van der Waals surface area contributed by atoms with Gasteiger partial charge in [-0.2, -0.15) is 5.10 Å². The summed E-state index contributed by atoms with van der Waals surface area (Å²) in [6.07, 6.45) is 9.17. The number of aromatic nitrogens is 2. The van der Waals surface area contributed by atoms with Crippen molar-refractivity contribution in [1.82, 2.24) is 20.4 Å². The molecule has 1 aliphatic carbocycles. The number of nitrogens with one attached hydrogen (secondary N) is 2. The van der Waals surface area contributed by atoms with Crippen LogP contribution in [0.3, 0.4) is 0 Å². The highest BCUT2D eigenvalue weighted by molar-refractivity contribution is 9.10. The van der Waals surface area contributed by atoms with Crippen LogP contribution in [0, 0.1) is 0 Å². The minimum Gasteiger partial charge on any atom is -0.347 e. The summed E-state index contributed by atoms with van der Waals surface area (Å²) >= 11 is 3.52. The third-order valence-corrected chi connectivity index (χ3v) is 6.22. The molecular formula is C18H29BrN4O. The van der Waals surface area contributed by atoms with Crippen molar-refractivity contribution < 1.29 is 4.79 Å². The standard InChI is InChI=1S/C18H29BrN4O/c1-12(2)16-15(19)17(22-21-16)18(24)20-13-9-10-23(11-13)14-7-5-3-4-6-8-14/h12-14H,3-11H2,1-2H3,(H,20,24)(H,21,22). The molecule has 1 saturated carbocycles. The Kier molecular flexibility index (Phi) is 5.98. The van der Waals surface area contributed by atoms with Crippen molar-refractivity contribution in [3.63, 3.8) is 0 Å². The molecule has 0 bridgehead atoms. The van der Waals surface area contributed by atoms with Crippen LogP contribution >= 0.6 is 15.9 Å². The van der Waals surface area contributed by atoms with Crippen molar-refractivity contribution in [2.24, 2.45) is 0 Å². The van der Waals surface area contributed by atoms with E-state index in [0.717, 1.165) is 35.7 Å². The first kappa shape index (κ1) is 17.9. The van der Waals surface area contributed by atoms with Crippen LogP contribution in [0.25, 0.3) is 0 Å². The zero-order chi connectivity index (χ0) is 17.1. The number of carbonyl (C=O) groups is 1. The third-order valence-electron chi connectivity index (χ3n) is 5.42. The molecule has 0 spiro atoms. The zero-order valence-corrected chi connectivity index (χ0v) is 16.4. The number of likely N-dealkylation sites (tertiary alicyclic amines) is 1. The van der Waals surface area contributed by atoms with E-state index in [4.69, 9.17) is 0 Å². The summed E-state index contributed by atoms with van der Waals surface area (Å²) in [6.45, 7) is 6.26. The minimum absolute atomic E-state index is 0.0715. The maximum atomic E-state index is 12.6. The van der Waals surface area contributed by atoms with Crippen LogP contribution in [0.5, 0.6) is 0 Å². The van der Waals surface area contributed by atoms with Crippen molar-refractivity contribution in [1.29, 1.82) is 0 Å². The Morgan fingerprint density at radius 2 is 1.96 bits per heavy atom. The summed E-state index contributed by atoms with van der Waals surface area (Å²) in [4.78, 5) is 15.1. The average Bonchev–Trinajstić information content (AvgIpc) is 3.05. The van der Waals surface area contributed by atoms with Crippen LogP contribution in [-0.2, 0) is 0 Å². The van der Waals surface area contributed by atoms with Crippen LogP contribution in [-0.4, -0.2) is 46.2 Å². The first-order valence-corrected chi connectivity index (χ1v) is 10.1. The zero-order valence-electron chi connectivity index (χ0n) is 14.8. The second-order valence-corrected chi connectivity index (χ2v) is 8.35. The molecule has 2 aliphatic rings. The lowest BCUT2D eigenvalue weighted by molar-refractivity contribution is 0.0929. The molecule has 3 rings (SSSR count). The number of aromatic amines is 1. The first-order valence-electron chi connectivity index (χ1n) is 9.35. The maximum Gasteiger partial charge on any atom is 0.273 e. The molecule has 1 amide bonds. The summed E-state index contributed by atoms with van der Waals surface area (Å²) < 4.78 is 0.800. The van der Waals surface area contributed by atoms with Gasteiger partial charge in [0.05, 0.1) is 10.2 Å². The summed E-state index contributed by atoms with van der Waals surface area (Å²) in [6, 6.07) is 0.964. The summed E-state index contributed by atoms with van der Waals surface area (Å²) in [5.74, 6) is 0.239. The molecule has 1 saturated heterocycles. The predicted molar refractivity (Wildman–Crippen MR) is 99.3 cm³/mol. The number of rotatable bonds is 4. The Bertz CT molecular complexity index is 563. The van der Waals surface area contributed by atoms with E-state index < -0.39 is 0 Å². The molecular weight excluding hydrogens is 368 g/mol. The van der Waals surface area contributed by atoms with E-state index in [1.54, 1.807) is 0 Å². The summed E-state index contributed by atoms with van der Waals surface area (Å²) in [5, 5.41) is 10.4. The monoisotopic (exact) mass is 396 g/mol. The third kappa shape index (κ3) is 4.02. The molecule has 2 N–H and O–H groups in total. The quantitative estimate of drug-likeness (QED) is 0.760. The van der Waals surface area contributed by atoms with Gasteiger partial charge in [-0.3, -0.25) is 14.8 Å². The Labute approximate surface area is 153 Å². The van der Waals surface area contributed by atoms with Crippen molar-refractivity contribution in [2.45, 2.75) is 76.8 Å². The number of nitrogens with zero attached hydrogens (tertiary/aromatic N) is 2. The molecule has 2 heterocycles. The van der Waals surface area contributed by atoms with Gasteiger partial charge in [0.25, 0.3) is 5.91 Å². The molecule has 24 heavy (non-hydrogen) atoms. The fourth-order valence-corrected chi connectivity index (χ4v) is 4.80. The van der Waals surface area contributed by atoms with E-state index in [9.17, 15) is 4.79 Å². The topological polar surface area (TPSA) is 61.0 Å². The van der Waals surface area contributed by atoms with Crippen LogP contribution in [0.15, 0.2) is 4.47 Å². The smallest absolute Gasteiger partial charge is 0.273 e. The second-order valence-electron chi connectivity index (χ2n) is 7.55. The highest BCUT2D eigenvalue weighted by Gasteiger charge is 2.30. The van der Waals surface area contributed by atoms with Gasteiger partial charge in [-0.15, -0.1) is 0 Å². The van der Waals surface area contributed by atoms with Crippen molar-refractivity contribution >= 4 is 21.8 Å². The fourth-order valence-electron chi connectivity index (χ4n) is 3.99. The van der Waals surface area contributed by atoms with E-state index >= 15 is 0 Å². The first-order chi connectivity index (χ1) is 11.6. The van der Waals surface area contributed by atoms with Gasteiger partial charge in [0.1, 0.15) is 0 Å². The Balaban J connectivity index is 1.56. The Morgan fingerprint density at radius 3 is 2.58 bits per heavy atom. The summed E-state index contributed by atoms with van der Waals surface area (Å²) in [7, 11) is 0. The van der Waals surface area contributed by atoms with E-state index in [1.165, 1.54) is 38.5 Å². The number of amides is 1.